The lowest BCUT2D eigenvalue weighted by Gasteiger charge is -2.05. The maximum atomic E-state index is 12.0. The summed E-state index contributed by atoms with van der Waals surface area (Å²) in [5, 5.41) is 12.8. The second-order valence-electron chi connectivity index (χ2n) is 6.10. The molecule has 0 saturated heterocycles. The first-order valence-corrected chi connectivity index (χ1v) is 8.34. The zero-order chi connectivity index (χ0) is 18.8. The zero-order valence-electron chi connectivity index (χ0n) is 14.5. The lowest BCUT2D eigenvalue weighted by molar-refractivity contribution is 0.689. The number of aryl methyl sites for hydroxylation is 1. The highest BCUT2D eigenvalue weighted by Gasteiger charge is 2.13. The van der Waals surface area contributed by atoms with Crippen molar-refractivity contribution in [3.63, 3.8) is 0 Å². The van der Waals surface area contributed by atoms with E-state index < -0.39 is 11.2 Å². The largest absolute Gasteiger partial charge is 0.325 e. The third kappa shape index (κ3) is 3.45. The summed E-state index contributed by atoms with van der Waals surface area (Å²) < 4.78 is 1.84. The number of nitrogens with one attached hydrogen (secondary N) is 2. The number of H-pyrrole nitrogens is 2. The van der Waals surface area contributed by atoms with Crippen LogP contribution in [-0.2, 0) is 6.54 Å². The maximum absolute atomic E-state index is 12.0. The molecule has 8 nitrogen and oxygen atoms in total. The number of aromatic amines is 2. The van der Waals surface area contributed by atoms with Crippen LogP contribution >= 0.6 is 0 Å². The Morgan fingerprint density at radius 3 is 2.59 bits per heavy atom. The molecule has 0 aliphatic rings. The summed E-state index contributed by atoms with van der Waals surface area (Å²) >= 11 is 0. The van der Waals surface area contributed by atoms with Gasteiger partial charge in [-0.25, -0.2) is 4.79 Å². The summed E-state index contributed by atoms with van der Waals surface area (Å²) in [5.74, 6) is 0. The molecule has 1 aromatic carbocycles. The van der Waals surface area contributed by atoms with E-state index in [0.29, 0.717) is 17.9 Å². The minimum Gasteiger partial charge on any atom is -0.313 e. The minimum atomic E-state index is -0.566. The molecular weight excluding hydrogens is 344 g/mol. The van der Waals surface area contributed by atoms with Gasteiger partial charge >= 0.3 is 5.69 Å². The minimum absolute atomic E-state index is 0.243. The molecular formula is C19H16N6O2. The lowest BCUT2D eigenvalue weighted by atomic mass is 10.1. The van der Waals surface area contributed by atoms with Gasteiger partial charge < -0.3 is 4.98 Å². The summed E-state index contributed by atoms with van der Waals surface area (Å²) in [7, 11) is 0. The van der Waals surface area contributed by atoms with E-state index in [4.69, 9.17) is 0 Å². The van der Waals surface area contributed by atoms with Crippen molar-refractivity contribution in [1.82, 2.24) is 29.9 Å². The Labute approximate surface area is 153 Å². The highest BCUT2D eigenvalue weighted by Crippen LogP contribution is 2.23. The molecule has 0 aliphatic carbocycles. The van der Waals surface area contributed by atoms with Crippen molar-refractivity contribution < 1.29 is 0 Å². The van der Waals surface area contributed by atoms with Crippen molar-refractivity contribution >= 4 is 0 Å². The molecule has 27 heavy (non-hydrogen) atoms. The van der Waals surface area contributed by atoms with Gasteiger partial charge in [0.1, 0.15) is 5.69 Å². The summed E-state index contributed by atoms with van der Waals surface area (Å²) in [6, 6.07) is 13.7. The summed E-state index contributed by atoms with van der Waals surface area (Å²) in [5.41, 5.74) is 2.89. The number of nitrogens with zero attached hydrogens (tertiary/aromatic N) is 4. The van der Waals surface area contributed by atoms with Crippen molar-refractivity contribution in [2.75, 3.05) is 0 Å². The van der Waals surface area contributed by atoms with E-state index in [-0.39, 0.29) is 5.56 Å². The monoisotopic (exact) mass is 360 g/mol. The van der Waals surface area contributed by atoms with Crippen LogP contribution in [0, 0.1) is 6.92 Å². The van der Waals surface area contributed by atoms with Crippen LogP contribution in [0.15, 0.2) is 64.4 Å². The van der Waals surface area contributed by atoms with Crippen molar-refractivity contribution in [2.24, 2.45) is 0 Å². The maximum Gasteiger partial charge on any atom is 0.325 e. The molecule has 3 aromatic heterocycles. The van der Waals surface area contributed by atoms with E-state index in [1.54, 1.807) is 6.07 Å². The average molecular weight is 360 g/mol. The molecule has 0 saturated carbocycles. The van der Waals surface area contributed by atoms with E-state index >= 15 is 0 Å². The zero-order valence-corrected chi connectivity index (χ0v) is 14.5. The standard InChI is InChI=1S/C19H16N6O2/c1-12-14(9-17(23-22-12)15-10-20-19(27)21-18(15)26)16-7-8-25(24-16)11-13-5-3-2-4-6-13/h2-10H,11H2,1H3,(H2,20,21,26,27). The van der Waals surface area contributed by atoms with E-state index in [1.807, 2.05) is 54.2 Å². The van der Waals surface area contributed by atoms with Crippen molar-refractivity contribution in [1.29, 1.82) is 0 Å². The van der Waals surface area contributed by atoms with Crippen LogP contribution in [0.4, 0.5) is 0 Å². The second kappa shape index (κ2) is 6.83. The predicted octanol–water partition coefficient (Wildman–Crippen LogP) is 1.74. The number of hydrogen-bond donors (Lipinski definition) is 2. The third-order valence-electron chi connectivity index (χ3n) is 4.18. The van der Waals surface area contributed by atoms with E-state index in [0.717, 1.165) is 16.8 Å². The molecule has 4 aromatic rings. The van der Waals surface area contributed by atoms with Gasteiger partial charge in [-0.1, -0.05) is 30.3 Å². The van der Waals surface area contributed by atoms with Gasteiger partial charge in [0.2, 0.25) is 0 Å². The molecule has 4 rings (SSSR count). The fraction of sp³-hybridized carbons (Fsp3) is 0.105. The highest BCUT2D eigenvalue weighted by atomic mass is 16.2. The molecule has 0 spiro atoms. The quantitative estimate of drug-likeness (QED) is 0.576. The highest BCUT2D eigenvalue weighted by molar-refractivity contribution is 5.68. The Hall–Kier alpha value is -3.81. The first-order valence-electron chi connectivity index (χ1n) is 8.34. The van der Waals surface area contributed by atoms with Crippen LogP contribution in [-0.4, -0.2) is 29.9 Å². The van der Waals surface area contributed by atoms with Crippen molar-refractivity contribution in [3.05, 3.63) is 87.0 Å². The van der Waals surface area contributed by atoms with Crippen molar-refractivity contribution in [2.45, 2.75) is 13.5 Å². The Bertz CT molecular complexity index is 1210. The van der Waals surface area contributed by atoms with Crippen LogP contribution in [0.1, 0.15) is 11.3 Å². The van der Waals surface area contributed by atoms with Crippen LogP contribution in [0.25, 0.3) is 22.5 Å². The van der Waals surface area contributed by atoms with Gasteiger partial charge in [0.05, 0.1) is 23.5 Å². The third-order valence-corrected chi connectivity index (χ3v) is 4.18. The van der Waals surface area contributed by atoms with Crippen LogP contribution in [0.3, 0.4) is 0 Å². The summed E-state index contributed by atoms with van der Waals surface area (Å²) in [6.07, 6.45) is 3.23. The first-order chi connectivity index (χ1) is 13.1. The molecule has 2 N–H and O–H groups in total. The first kappa shape index (κ1) is 16.6. The van der Waals surface area contributed by atoms with Crippen molar-refractivity contribution in [3.8, 4) is 22.5 Å². The molecule has 0 amide bonds. The molecule has 0 unspecified atom stereocenters. The Morgan fingerprint density at radius 1 is 1.00 bits per heavy atom. The second-order valence-corrected chi connectivity index (χ2v) is 6.10. The fourth-order valence-electron chi connectivity index (χ4n) is 2.81. The van der Waals surface area contributed by atoms with Crippen LogP contribution < -0.4 is 11.2 Å². The SMILES string of the molecule is Cc1nnc(-c2c[nH]c(=O)[nH]c2=O)cc1-c1ccn(Cc2ccccc2)n1. The van der Waals surface area contributed by atoms with Gasteiger partial charge in [0.15, 0.2) is 0 Å². The molecule has 3 heterocycles. The number of benzene rings is 1. The Morgan fingerprint density at radius 2 is 1.81 bits per heavy atom. The molecule has 0 bridgehead atoms. The number of aromatic nitrogens is 6. The van der Waals surface area contributed by atoms with Gasteiger partial charge in [-0.3, -0.25) is 14.5 Å². The molecule has 0 atom stereocenters. The Balaban J connectivity index is 1.70. The van der Waals surface area contributed by atoms with E-state index in [2.05, 4.69) is 25.3 Å². The summed E-state index contributed by atoms with van der Waals surface area (Å²) in [4.78, 5) is 27.9. The van der Waals surface area contributed by atoms with Crippen LogP contribution in [0.5, 0.6) is 0 Å². The fourth-order valence-corrected chi connectivity index (χ4v) is 2.81. The molecule has 134 valence electrons. The normalized spacial score (nSPS) is 10.9. The van der Waals surface area contributed by atoms with E-state index in [1.165, 1.54) is 6.20 Å². The molecule has 8 heteroatoms. The van der Waals surface area contributed by atoms with Gasteiger partial charge in [-0.15, -0.1) is 5.10 Å². The van der Waals surface area contributed by atoms with Crippen LogP contribution in [0.2, 0.25) is 0 Å². The van der Waals surface area contributed by atoms with Gasteiger partial charge in [-0.05, 0) is 24.6 Å². The number of rotatable bonds is 4. The average Bonchev–Trinajstić information content (AvgIpc) is 3.11. The van der Waals surface area contributed by atoms with E-state index in [9.17, 15) is 9.59 Å². The molecule has 0 aliphatic heterocycles. The smallest absolute Gasteiger partial charge is 0.313 e. The van der Waals surface area contributed by atoms with Gasteiger partial charge in [-0.2, -0.15) is 10.2 Å². The number of hydrogen-bond acceptors (Lipinski definition) is 5. The molecule has 0 radical (unpaired) electrons. The Kier molecular flexibility index (Phi) is 4.21. The topological polar surface area (TPSA) is 109 Å². The van der Waals surface area contributed by atoms with Gasteiger partial charge in [0, 0.05) is 18.0 Å². The van der Waals surface area contributed by atoms with Gasteiger partial charge in [0.25, 0.3) is 5.56 Å². The summed E-state index contributed by atoms with van der Waals surface area (Å²) in [6.45, 7) is 2.49. The lowest BCUT2D eigenvalue weighted by Crippen LogP contribution is -2.22. The molecule has 0 fully saturated rings. The predicted molar refractivity (Wildman–Crippen MR) is 100 cm³/mol.